The highest BCUT2D eigenvalue weighted by molar-refractivity contribution is 7.47. The highest BCUT2D eigenvalue weighted by Crippen LogP contribution is 2.43. The summed E-state index contributed by atoms with van der Waals surface area (Å²) in [5.41, 5.74) is 0. The van der Waals surface area contributed by atoms with Crippen molar-refractivity contribution in [1.82, 2.24) is 0 Å². The van der Waals surface area contributed by atoms with Gasteiger partial charge in [0.2, 0.25) is 0 Å². The Morgan fingerprint density at radius 3 is 1.62 bits per heavy atom. The quantitative estimate of drug-likeness (QED) is 0.0121. The summed E-state index contributed by atoms with van der Waals surface area (Å²) in [5.74, 6) is -0.727. The molecule has 0 bridgehead atoms. The molecular formula is C52H93NO9P+. The van der Waals surface area contributed by atoms with Crippen molar-refractivity contribution in [3.05, 3.63) is 60.8 Å². The van der Waals surface area contributed by atoms with Gasteiger partial charge in [0, 0.05) is 19.3 Å². The number of esters is 2. The Morgan fingerprint density at radius 1 is 0.540 bits per heavy atom. The largest absolute Gasteiger partial charge is 0.472 e. The minimum atomic E-state index is -4.41. The summed E-state index contributed by atoms with van der Waals surface area (Å²) >= 11 is 0. The number of hydrogen-bond donors (Lipinski definition) is 1. The van der Waals surface area contributed by atoms with E-state index in [1.54, 1.807) is 12.2 Å². The average molecular weight is 907 g/mol. The number of nitrogens with zero attached hydrogens (tertiary/aromatic N) is 1. The molecule has 0 spiro atoms. The van der Waals surface area contributed by atoms with Gasteiger partial charge in [-0.25, -0.2) is 4.57 Å². The lowest BCUT2D eigenvalue weighted by Crippen LogP contribution is -2.37. The van der Waals surface area contributed by atoms with Crippen molar-refractivity contribution in [3.63, 3.8) is 0 Å². The predicted molar refractivity (Wildman–Crippen MR) is 261 cm³/mol. The monoisotopic (exact) mass is 907 g/mol. The predicted octanol–water partition coefficient (Wildman–Crippen LogP) is 14.0. The molecule has 63 heavy (non-hydrogen) atoms. The van der Waals surface area contributed by atoms with Gasteiger partial charge >= 0.3 is 19.8 Å². The maximum atomic E-state index is 12.7. The number of hydrogen-bond acceptors (Lipinski definition) is 8. The fourth-order valence-electron chi connectivity index (χ4n) is 6.54. The molecule has 0 saturated heterocycles. The van der Waals surface area contributed by atoms with E-state index in [-0.39, 0.29) is 31.8 Å². The molecular weight excluding hydrogens is 814 g/mol. The molecule has 1 unspecified atom stereocenters. The van der Waals surface area contributed by atoms with Gasteiger partial charge in [0.15, 0.2) is 11.9 Å². The molecule has 0 aliphatic heterocycles. The third-order valence-corrected chi connectivity index (χ3v) is 11.5. The molecule has 0 radical (unpaired) electrons. The van der Waals surface area contributed by atoms with Crippen LogP contribution in [0, 0.1) is 0 Å². The lowest BCUT2D eigenvalue weighted by Gasteiger charge is -2.24. The molecule has 0 amide bonds. The van der Waals surface area contributed by atoms with Gasteiger partial charge in [-0.15, -0.1) is 0 Å². The summed E-state index contributed by atoms with van der Waals surface area (Å²) in [6.07, 6.45) is 49.7. The molecule has 0 aliphatic rings. The Kier molecular flexibility index (Phi) is 41.5. The number of ketones is 1. The second kappa shape index (κ2) is 43.3. The van der Waals surface area contributed by atoms with E-state index in [0.717, 1.165) is 51.4 Å². The Hall–Kier alpha value is -2.62. The van der Waals surface area contributed by atoms with Crippen molar-refractivity contribution in [2.24, 2.45) is 0 Å². The highest BCUT2D eigenvalue weighted by Gasteiger charge is 2.27. The van der Waals surface area contributed by atoms with Crippen LogP contribution >= 0.6 is 7.82 Å². The highest BCUT2D eigenvalue weighted by atomic mass is 31.2. The van der Waals surface area contributed by atoms with Crippen LogP contribution < -0.4 is 0 Å². The number of ether oxygens (including phenoxy) is 2. The Morgan fingerprint density at radius 2 is 1.02 bits per heavy atom. The smallest absolute Gasteiger partial charge is 0.462 e. The lowest BCUT2D eigenvalue weighted by molar-refractivity contribution is -0.870. The molecule has 0 aromatic carbocycles. The number of likely N-dealkylation sites (N-methyl/N-ethyl adjacent to an activating group) is 1. The summed E-state index contributed by atoms with van der Waals surface area (Å²) in [4.78, 5) is 47.2. The number of allylic oxidation sites excluding steroid dienone is 10. The normalized spacial score (nSPS) is 13.9. The van der Waals surface area contributed by atoms with E-state index in [4.69, 9.17) is 18.5 Å². The van der Waals surface area contributed by atoms with Crippen molar-refractivity contribution < 1.29 is 46.8 Å². The maximum absolute atomic E-state index is 12.7. The first-order valence-corrected chi connectivity index (χ1v) is 26.5. The van der Waals surface area contributed by atoms with Crippen LogP contribution in [0.25, 0.3) is 0 Å². The van der Waals surface area contributed by atoms with Crippen molar-refractivity contribution in [1.29, 1.82) is 0 Å². The molecule has 0 heterocycles. The van der Waals surface area contributed by atoms with Gasteiger partial charge in [-0.1, -0.05) is 171 Å². The summed E-state index contributed by atoms with van der Waals surface area (Å²) in [6.45, 7) is 4.18. The van der Waals surface area contributed by atoms with Crippen LogP contribution in [-0.4, -0.2) is 80.7 Å². The van der Waals surface area contributed by atoms with Crippen LogP contribution in [0.1, 0.15) is 200 Å². The minimum Gasteiger partial charge on any atom is -0.462 e. The topological polar surface area (TPSA) is 125 Å². The van der Waals surface area contributed by atoms with Crippen molar-refractivity contribution in [2.75, 3.05) is 47.5 Å². The second-order valence-electron chi connectivity index (χ2n) is 17.9. The van der Waals surface area contributed by atoms with Crippen molar-refractivity contribution >= 4 is 25.5 Å². The standard InChI is InChI=1S/C52H92NO9P/c1-6-8-10-11-12-13-14-15-16-17-18-19-20-21-22-23-26-30-33-36-40-44-52(56)62-50(48-61-63(57,58)60-46-45-53(3,4)5)47-59-51(55)43-39-35-32-29-27-24-25-28-31-34-38-42-49(54)41-37-9-7-2/h15-16,24-25,29,31-32,34,38,42,50H,6-14,17-23,26-28,30,33,35-37,39-41,43-48H2,1-5H3/p+1/b16-15-,25-24-,32-29-,34-31-,42-38+/t50-/m1/s1. The van der Waals surface area contributed by atoms with Gasteiger partial charge in [0.05, 0.1) is 27.7 Å². The molecule has 0 saturated carbocycles. The Labute approximate surface area is 385 Å². The number of carbonyl (C=O) groups excluding carboxylic acids is 3. The van der Waals surface area contributed by atoms with Crippen molar-refractivity contribution in [2.45, 2.75) is 206 Å². The van der Waals surface area contributed by atoms with Gasteiger partial charge in [-0.05, 0) is 70.3 Å². The average Bonchev–Trinajstić information content (AvgIpc) is 3.23. The Balaban J connectivity index is 4.38. The van der Waals surface area contributed by atoms with Gasteiger partial charge < -0.3 is 18.9 Å². The van der Waals surface area contributed by atoms with E-state index in [0.29, 0.717) is 36.7 Å². The molecule has 2 atom stereocenters. The lowest BCUT2D eigenvalue weighted by atomic mass is 10.0. The van der Waals surface area contributed by atoms with Crippen LogP contribution in [0.15, 0.2) is 60.8 Å². The summed E-state index contributed by atoms with van der Waals surface area (Å²) in [5, 5.41) is 0. The summed E-state index contributed by atoms with van der Waals surface area (Å²) in [6, 6.07) is 0. The molecule has 0 aromatic heterocycles. The molecule has 1 N–H and O–H groups in total. The number of unbranched alkanes of at least 4 members (excludes halogenated alkanes) is 20. The third-order valence-electron chi connectivity index (χ3n) is 10.5. The SMILES string of the molecule is CCCCCCCC/C=C\CCCCCCCCCCCCCC(=O)O[C@H](COC(=O)CCC/C=C\C/C=C\C/C=C\C=C\C(=O)CCCCC)COP(=O)(O)OCC[N+](C)(C)C. The first kappa shape index (κ1) is 60.4. The van der Waals surface area contributed by atoms with Crippen LogP contribution in [-0.2, 0) is 37.5 Å². The number of quaternary nitrogens is 1. The van der Waals surface area contributed by atoms with Gasteiger partial charge in [0.25, 0.3) is 0 Å². The van der Waals surface area contributed by atoms with Crippen LogP contribution in [0.5, 0.6) is 0 Å². The zero-order chi connectivity index (χ0) is 46.5. The molecule has 0 aliphatic carbocycles. The van der Waals surface area contributed by atoms with Crippen LogP contribution in [0.3, 0.4) is 0 Å². The van der Waals surface area contributed by atoms with E-state index in [9.17, 15) is 23.8 Å². The van der Waals surface area contributed by atoms with E-state index in [1.807, 2.05) is 45.4 Å². The molecule has 0 rings (SSSR count). The fraction of sp³-hybridized carbons (Fsp3) is 0.750. The van der Waals surface area contributed by atoms with Crippen LogP contribution in [0.4, 0.5) is 0 Å². The zero-order valence-corrected chi connectivity index (χ0v) is 41.7. The zero-order valence-electron chi connectivity index (χ0n) is 40.8. The summed E-state index contributed by atoms with van der Waals surface area (Å²) in [7, 11) is 1.41. The first-order valence-electron chi connectivity index (χ1n) is 25.0. The molecule has 11 heteroatoms. The molecule has 364 valence electrons. The minimum absolute atomic E-state index is 0.0114. The number of rotatable bonds is 45. The van der Waals surface area contributed by atoms with Crippen molar-refractivity contribution in [3.8, 4) is 0 Å². The fourth-order valence-corrected chi connectivity index (χ4v) is 7.29. The third kappa shape index (κ3) is 47.2. The van der Waals surface area contributed by atoms with E-state index in [1.165, 1.54) is 96.3 Å². The van der Waals surface area contributed by atoms with E-state index >= 15 is 0 Å². The van der Waals surface area contributed by atoms with Gasteiger partial charge in [0.1, 0.15) is 19.8 Å². The van der Waals surface area contributed by atoms with Gasteiger partial charge in [-0.2, -0.15) is 0 Å². The maximum Gasteiger partial charge on any atom is 0.472 e. The molecule has 0 aromatic rings. The molecule has 0 fully saturated rings. The van der Waals surface area contributed by atoms with E-state index < -0.39 is 32.5 Å². The van der Waals surface area contributed by atoms with Crippen LogP contribution in [0.2, 0.25) is 0 Å². The number of phosphoric acid groups is 1. The molecule has 10 nitrogen and oxygen atoms in total. The first-order chi connectivity index (χ1) is 30.4. The van der Waals surface area contributed by atoms with E-state index in [2.05, 4.69) is 38.2 Å². The number of phosphoric ester groups is 1. The summed E-state index contributed by atoms with van der Waals surface area (Å²) < 4.78 is 34.3. The van der Waals surface area contributed by atoms with Gasteiger partial charge in [-0.3, -0.25) is 23.4 Å². The Bertz CT molecular complexity index is 1320. The second-order valence-corrected chi connectivity index (χ2v) is 19.3. The number of carbonyl (C=O) groups is 3.